The molecule has 0 aliphatic carbocycles. The Balaban J connectivity index is 2.22. The number of Topliss-reactive ketones (excluding diaryl/α,β-unsaturated/α-hetero) is 1. The Labute approximate surface area is 136 Å². The van der Waals surface area contributed by atoms with Crippen molar-refractivity contribution >= 4 is 5.78 Å². The van der Waals surface area contributed by atoms with Gasteiger partial charge in [-0.1, -0.05) is 24.3 Å². The van der Waals surface area contributed by atoms with E-state index in [0.717, 1.165) is 5.56 Å². The van der Waals surface area contributed by atoms with Crippen molar-refractivity contribution in [2.24, 2.45) is 5.92 Å². The molecule has 0 saturated heterocycles. The summed E-state index contributed by atoms with van der Waals surface area (Å²) in [4.78, 5) is 14.9. The molecular formula is C19H22FNO2. The van der Waals surface area contributed by atoms with Crippen LogP contribution in [0.2, 0.25) is 0 Å². The van der Waals surface area contributed by atoms with Crippen LogP contribution < -0.4 is 4.74 Å². The summed E-state index contributed by atoms with van der Waals surface area (Å²) < 4.78 is 18.2. The summed E-state index contributed by atoms with van der Waals surface area (Å²) in [7, 11) is 5.46. The van der Waals surface area contributed by atoms with Crippen LogP contribution in [0.3, 0.4) is 0 Å². The first-order valence-corrected chi connectivity index (χ1v) is 7.57. The standard InChI is InChI=1S/C19H22FNO2/c1-21(2)13-16(11-14-7-9-17(20)10-8-14)19(22)15-5-4-6-18(12-15)23-3/h4-10,12,16H,11,13H2,1-3H3/t16-/m0/s1. The number of benzene rings is 2. The monoisotopic (exact) mass is 315 g/mol. The largest absolute Gasteiger partial charge is 0.497 e. The second kappa shape index (κ2) is 7.88. The van der Waals surface area contributed by atoms with Gasteiger partial charge in [0.25, 0.3) is 0 Å². The molecule has 0 spiro atoms. The molecule has 0 aliphatic rings. The molecule has 0 heterocycles. The van der Waals surface area contributed by atoms with Crippen LogP contribution in [-0.2, 0) is 6.42 Å². The van der Waals surface area contributed by atoms with Gasteiger partial charge < -0.3 is 9.64 Å². The number of nitrogens with zero attached hydrogens (tertiary/aromatic N) is 1. The number of carbonyl (C=O) groups excluding carboxylic acids is 1. The van der Waals surface area contributed by atoms with Gasteiger partial charge in [0.1, 0.15) is 11.6 Å². The summed E-state index contributed by atoms with van der Waals surface area (Å²) in [6.45, 7) is 0.632. The second-order valence-corrected chi connectivity index (χ2v) is 5.89. The van der Waals surface area contributed by atoms with Crippen molar-refractivity contribution in [3.8, 4) is 5.75 Å². The topological polar surface area (TPSA) is 29.5 Å². The molecule has 0 saturated carbocycles. The molecule has 0 aromatic heterocycles. The highest BCUT2D eigenvalue weighted by molar-refractivity contribution is 5.98. The molecule has 4 heteroatoms. The minimum absolute atomic E-state index is 0.0712. The van der Waals surface area contributed by atoms with E-state index in [1.807, 2.05) is 31.1 Å². The number of carbonyl (C=O) groups is 1. The first-order valence-electron chi connectivity index (χ1n) is 7.57. The van der Waals surface area contributed by atoms with Crippen molar-refractivity contribution in [1.82, 2.24) is 4.90 Å². The zero-order valence-corrected chi connectivity index (χ0v) is 13.8. The molecule has 0 radical (unpaired) electrons. The van der Waals surface area contributed by atoms with Gasteiger partial charge in [0.2, 0.25) is 0 Å². The van der Waals surface area contributed by atoms with Gasteiger partial charge >= 0.3 is 0 Å². The number of hydrogen-bond acceptors (Lipinski definition) is 3. The Hall–Kier alpha value is -2.20. The molecule has 2 aromatic carbocycles. The van der Waals surface area contributed by atoms with Crippen LogP contribution in [-0.4, -0.2) is 38.4 Å². The van der Waals surface area contributed by atoms with Gasteiger partial charge in [-0.25, -0.2) is 4.39 Å². The van der Waals surface area contributed by atoms with Gasteiger partial charge in [-0.15, -0.1) is 0 Å². The van der Waals surface area contributed by atoms with Crippen molar-refractivity contribution in [3.63, 3.8) is 0 Å². The molecule has 23 heavy (non-hydrogen) atoms. The van der Waals surface area contributed by atoms with E-state index in [-0.39, 0.29) is 17.5 Å². The minimum atomic E-state index is -0.267. The maximum absolute atomic E-state index is 13.1. The van der Waals surface area contributed by atoms with Crippen LogP contribution in [0.25, 0.3) is 0 Å². The highest BCUT2D eigenvalue weighted by Gasteiger charge is 2.21. The first-order chi connectivity index (χ1) is 11.0. The van der Waals surface area contributed by atoms with E-state index in [2.05, 4.69) is 0 Å². The molecular weight excluding hydrogens is 293 g/mol. The quantitative estimate of drug-likeness (QED) is 0.733. The zero-order chi connectivity index (χ0) is 16.8. The molecule has 2 rings (SSSR count). The van der Waals surface area contributed by atoms with Crippen molar-refractivity contribution in [3.05, 3.63) is 65.5 Å². The molecule has 0 N–H and O–H groups in total. The summed E-state index contributed by atoms with van der Waals surface area (Å²) >= 11 is 0. The second-order valence-electron chi connectivity index (χ2n) is 5.89. The smallest absolute Gasteiger partial charge is 0.167 e. The molecule has 3 nitrogen and oxygen atoms in total. The molecule has 122 valence electrons. The van der Waals surface area contributed by atoms with E-state index < -0.39 is 0 Å². The molecule has 0 aliphatic heterocycles. The van der Waals surface area contributed by atoms with E-state index >= 15 is 0 Å². The fourth-order valence-electron chi connectivity index (χ4n) is 2.60. The summed E-state index contributed by atoms with van der Waals surface area (Å²) in [5, 5.41) is 0. The molecule has 0 fully saturated rings. The van der Waals surface area contributed by atoms with Gasteiger partial charge in [-0.2, -0.15) is 0 Å². The van der Waals surface area contributed by atoms with E-state index in [0.29, 0.717) is 24.3 Å². The molecule has 0 amide bonds. The number of halogens is 1. The highest BCUT2D eigenvalue weighted by atomic mass is 19.1. The lowest BCUT2D eigenvalue weighted by molar-refractivity contribution is 0.0896. The van der Waals surface area contributed by atoms with Gasteiger partial charge in [0, 0.05) is 18.0 Å². The van der Waals surface area contributed by atoms with Crippen LogP contribution >= 0.6 is 0 Å². The first kappa shape index (κ1) is 17.2. The third-order valence-corrected chi connectivity index (χ3v) is 3.71. The van der Waals surface area contributed by atoms with Crippen LogP contribution in [0.1, 0.15) is 15.9 Å². The van der Waals surface area contributed by atoms with Crippen LogP contribution in [0.15, 0.2) is 48.5 Å². The van der Waals surface area contributed by atoms with Crippen molar-refractivity contribution < 1.29 is 13.9 Å². The predicted octanol–water partition coefficient (Wildman–Crippen LogP) is 3.44. The lowest BCUT2D eigenvalue weighted by Crippen LogP contribution is -2.29. The van der Waals surface area contributed by atoms with E-state index in [4.69, 9.17) is 4.74 Å². The van der Waals surface area contributed by atoms with Crippen LogP contribution in [0.4, 0.5) is 4.39 Å². The number of ketones is 1. The normalized spacial score (nSPS) is 12.2. The van der Waals surface area contributed by atoms with Gasteiger partial charge in [0.05, 0.1) is 7.11 Å². The van der Waals surface area contributed by atoms with Gasteiger partial charge in [-0.3, -0.25) is 4.79 Å². The average molecular weight is 315 g/mol. The van der Waals surface area contributed by atoms with E-state index in [9.17, 15) is 9.18 Å². The summed E-state index contributed by atoms with van der Waals surface area (Å²) in [6, 6.07) is 13.5. The Morgan fingerprint density at radius 1 is 1.17 bits per heavy atom. The minimum Gasteiger partial charge on any atom is -0.497 e. The van der Waals surface area contributed by atoms with E-state index in [1.54, 1.807) is 31.4 Å². The summed E-state index contributed by atoms with van der Waals surface area (Å²) in [5.74, 6) is 0.280. The number of ether oxygens (including phenoxy) is 1. The zero-order valence-electron chi connectivity index (χ0n) is 13.8. The fourth-order valence-corrected chi connectivity index (χ4v) is 2.60. The van der Waals surface area contributed by atoms with Crippen LogP contribution in [0, 0.1) is 11.7 Å². The number of hydrogen-bond donors (Lipinski definition) is 0. The third-order valence-electron chi connectivity index (χ3n) is 3.71. The maximum Gasteiger partial charge on any atom is 0.167 e. The lowest BCUT2D eigenvalue weighted by Gasteiger charge is -2.20. The molecule has 0 bridgehead atoms. The van der Waals surface area contributed by atoms with Gasteiger partial charge in [0.15, 0.2) is 5.78 Å². The fraction of sp³-hybridized carbons (Fsp3) is 0.316. The highest BCUT2D eigenvalue weighted by Crippen LogP contribution is 2.20. The van der Waals surface area contributed by atoms with Crippen molar-refractivity contribution in [2.75, 3.05) is 27.7 Å². The Morgan fingerprint density at radius 2 is 1.87 bits per heavy atom. The third kappa shape index (κ3) is 4.89. The van der Waals surface area contributed by atoms with Crippen LogP contribution in [0.5, 0.6) is 5.75 Å². The summed E-state index contributed by atoms with van der Waals surface area (Å²) in [6.07, 6.45) is 0.578. The predicted molar refractivity (Wildman–Crippen MR) is 89.5 cm³/mol. The number of methoxy groups -OCH3 is 1. The maximum atomic E-state index is 13.1. The molecule has 2 aromatic rings. The molecule has 0 unspecified atom stereocenters. The Kier molecular flexibility index (Phi) is 5.88. The Bertz CT molecular complexity index is 653. The molecule has 1 atom stereocenters. The SMILES string of the molecule is COc1cccc(C(=O)[C@@H](Cc2ccc(F)cc2)CN(C)C)c1. The van der Waals surface area contributed by atoms with Crippen molar-refractivity contribution in [1.29, 1.82) is 0 Å². The number of rotatable bonds is 7. The average Bonchev–Trinajstić information content (AvgIpc) is 2.55. The van der Waals surface area contributed by atoms with E-state index in [1.165, 1.54) is 12.1 Å². The lowest BCUT2D eigenvalue weighted by atomic mass is 9.90. The van der Waals surface area contributed by atoms with Crippen molar-refractivity contribution in [2.45, 2.75) is 6.42 Å². The summed E-state index contributed by atoms with van der Waals surface area (Å²) in [5.41, 5.74) is 1.59. The Morgan fingerprint density at radius 3 is 2.48 bits per heavy atom. The van der Waals surface area contributed by atoms with Gasteiger partial charge in [-0.05, 0) is 50.3 Å².